The van der Waals surface area contributed by atoms with Gasteiger partial charge in [0.05, 0.1) is 24.0 Å². The van der Waals surface area contributed by atoms with Crippen LogP contribution in [0.15, 0.2) is 78.9 Å². The fourth-order valence-electron chi connectivity index (χ4n) is 12.1. The number of fused-ring (bicyclic) bond motifs is 6. The number of phenols is 1. The minimum Gasteiger partial charge on any atom is -0.508 e. The lowest BCUT2D eigenvalue weighted by atomic mass is 9.65. The van der Waals surface area contributed by atoms with E-state index in [0.717, 1.165) is 80.2 Å². The number of anilines is 2. The summed E-state index contributed by atoms with van der Waals surface area (Å²) in [6, 6.07) is 25.7. The van der Waals surface area contributed by atoms with Crippen LogP contribution in [0.5, 0.6) is 11.5 Å². The van der Waals surface area contributed by atoms with Gasteiger partial charge in [-0.25, -0.2) is 4.39 Å². The smallest absolute Gasteiger partial charge is 0.255 e. The maximum atomic E-state index is 16.2. The second kappa shape index (κ2) is 14.6. The number of benzene rings is 4. The molecule has 5 aliphatic heterocycles. The Bertz CT molecular complexity index is 2370. The maximum Gasteiger partial charge on any atom is 0.255 e. The molecule has 11 rings (SSSR count). The van der Waals surface area contributed by atoms with E-state index < -0.39 is 11.9 Å². The molecule has 2 unspecified atom stereocenters. The molecule has 0 radical (unpaired) electrons. The molecule has 4 fully saturated rings. The summed E-state index contributed by atoms with van der Waals surface area (Å²) in [4.78, 5) is 46.6. The Balaban J connectivity index is 0.698. The number of amides is 3. The number of nitrogens with one attached hydrogen (secondary N) is 1. The number of carbonyl (C=O) groups excluding carboxylic acids is 3. The van der Waals surface area contributed by atoms with Crippen molar-refractivity contribution in [2.45, 2.75) is 81.8 Å². The second-order valence-electron chi connectivity index (χ2n) is 18.7. The van der Waals surface area contributed by atoms with Crippen molar-refractivity contribution in [1.29, 1.82) is 0 Å². The zero-order valence-electron chi connectivity index (χ0n) is 34.0. The molecule has 0 bridgehead atoms. The molecule has 2 aliphatic carbocycles. The molecular formula is C49H52FN5O5. The first-order valence-electron chi connectivity index (χ1n) is 22.0. The van der Waals surface area contributed by atoms with Crippen molar-refractivity contribution < 1.29 is 28.6 Å². The molecule has 5 heterocycles. The molecule has 11 heteroatoms. The van der Waals surface area contributed by atoms with Gasteiger partial charge in [-0.3, -0.25) is 24.6 Å². The van der Waals surface area contributed by atoms with Crippen LogP contribution in [0, 0.1) is 17.2 Å². The number of piperidine rings is 1. The first-order chi connectivity index (χ1) is 29.2. The number of aromatic hydroxyl groups is 1. The molecule has 60 heavy (non-hydrogen) atoms. The summed E-state index contributed by atoms with van der Waals surface area (Å²) in [5.74, 6) is 0.944. The van der Waals surface area contributed by atoms with E-state index >= 15 is 4.39 Å². The summed E-state index contributed by atoms with van der Waals surface area (Å²) in [5, 5.41) is 12.6. The first kappa shape index (κ1) is 37.6. The molecule has 3 saturated heterocycles. The van der Waals surface area contributed by atoms with Gasteiger partial charge in [0.25, 0.3) is 5.91 Å². The van der Waals surface area contributed by atoms with E-state index in [1.54, 1.807) is 17.0 Å². The van der Waals surface area contributed by atoms with Gasteiger partial charge in [-0.05, 0) is 115 Å². The van der Waals surface area contributed by atoms with Gasteiger partial charge in [-0.1, -0.05) is 42.5 Å². The van der Waals surface area contributed by atoms with Gasteiger partial charge in [0, 0.05) is 68.1 Å². The SMILES string of the molecule is O=C1CCC(N2Cc3c(ccc4c3OC[C@H]3CN(CC5CCC6(CC5)CN(c5ccc([C@H]7c8ccc(O)cc8CCC7c7ccccc7)cc5F)C6)CCN43)C2=O)C(=O)N1. The van der Waals surface area contributed by atoms with E-state index in [2.05, 4.69) is 50.3 Å². The predicted octanol–water partition coefficient (Wildman–Crippen LogP) is 6.73. The van der Waals surface area contributed by atoms with Crippen LogP contribution in [-0.2, 0) is 22.6 Å². The fourth-order valence-corrected chi connectivity index (χ4v) is 12.1. The molecule has 310 valence electrons. The standard InChI is InChI=1S/C49H52FN5O5/c50-40-23-33(45-36(31-4-2-1-3-5-31)9-6-32-22-35(56)8-10-37(32)45)7-12-41(40)53-28-49(29-53)18-16-30(17-19-49)24-52-20-21-54-34(25-52)27-60-46-39-26-55(43-14-15-44(57)51-47(43)58)48(59)38(39)11-13-42(46)54/h1-5,7-8,10-13,22-23,30,34,36,43,45,56H,6,9,14-21,24-29H2,(H,51,57,58)/t34-,36?,43?,45-/m1/s1. The molecule has 0 aromatic heterocycles. The lowest BCUT2D eigenvalue weighted by molar-refractivity contribution is -0.136. The highest BCUT2D eigenvalue weighted by Gasteiger charge is 2.47. The molecular weight excluding hydrogens is 758 g/mol. The molecule has 1 spiro atoms. The largest absolute Gasteiger partial charge is 0.508 e. The number of nitrogens with zero attached hydrogens (tertiary/aromatic N) is 4. The van der Waals surface area contributed by atoms with E-state index in [1.807, 2.05) is 36.4 Å². The predicted molar refractivity (Wildman–Crippen MR) is 226 cm³/mol. The summed E-state index contributed by atoms with van der Waals surface area (Å²) >= 11 is 0. The number of piperazine rings is 1. The minimum absolute atomic E-state index is 0.0234. The highest BCUT2D eigenvalue weighted by Crippen LogP contribution is 2.51. The average Bonchev–Trinajstić information content (AvgIpc) is 3.58. The number of rotatable bonds is 6. The third kappa shape index (κ3) is 6.42. The highest BCUT2D eigenvalue weighted by molar-refractivity contribution is 6.06. The van der Waals surface area contributed by atoms with Crippen LogP contribution in [0.1, 0.15) is 95.0 Å². The van der Waals surface area contributed by atoms with E-state index in [9.17, 15) is 19.5 Å². The van der Waals surface area contributed by atoms with E-state index in [1.165, 1.54) is 36.8 Å². The summed E-state index contributed by atoms with van der Waals surface area (Å²) in [5.41, 5.74) is 8.03. The maximum absolute atomic E-state index is 16.2. The third-order valence-electron chi connectivity index (χ3n) is 15.2. The molecule has 1 saturated carbocycles. The summed E-state index contributed by atoms with van der Waals surface area (Å²) in [6.45, 7) is 6.57. The van der Waals surface area contributed by atoms with Crippen LogP contribution < -0.4 is 19.9 Å². The summed E-state index contributed by atoms with van der Waals surface area (Å²) in [6.07, 6.45) is 7.16. The summed E-state index contributed by atoms with van der Waals surface area (Å²) in [7, 11) is 0. The minimum atomic E-state index is -0.644. The number of imide groups is 1. The summed E-state index contributed by atoms with van der Waals surface area (Å²) < 4.78 is 22.6. The van der Waals surface area contributed by atoms with Crippen molar-refractivity contribution in [3.63, 3.8) is 0 Å². The van der Waals surface area contributed by atoms with Gasteiger partial charge in [0.2, 0.25) is 11.8 Å². The normalized spacial score (nSPS) is 26.1. The highest BCUT2D eigenvalue weighted by atomic mass is 19.1. The van der Waals surface area contributed by atoms with Crippen molar-refractivity contribution >= 4 is 29.1 Å². The van der Waals surface area contributed by atoms with Crippen LogP contribution in [0.2, 0.25) is 0 Å². The van der Waals surface area contributed by atoms with Crippen LogP contribution in [0.4, 0.5) is 15.8 Å². The zero-order chi connectivity index (χ0) is 40.7. The van der Waals surface area contributed by atoms with Crippen molar-refractivity contribution in [2.24, 2.45) is 11.3 Å². The van der Waals surface area contributed by atoms with Crippen LogP contribution in [0.3, 0.4) is 0 Å². The topological polar surface area (TPSA) is 106 Å². The molecule has 4 atom stereocenters. The number of aryl methyl sites for hydroxylation is 1. The quantitative estimate of drug-likeness (QED) is 0.207. The number of carbonyl (C=O) groups is 3. The molecule has 3 amide bonds. The van der Waals surface area contributed by atoms with Crippen LogP contribution in [-0.4, -0.2) is 90.6 Å². The monoisotopic (exact) mass is 809 g/mol. The van der Waals surface area contributed by atoms with Gasteiger partial charge in [-0.15, -0.1) is 0 Å². The molecule has 4 aromatic rings. The lowest BCUT2D eigenvalue weighted by Gasteiger charge is -2.55. The van der Waals surface area contributed by atoms with Crippen molar-refractivity contribution in [1.82, 2.24) is 15.1 Å². The number of halogens is 1. The Hall–Kier alpha value is -5.42. The van der Waals surface area contributed by atoms with Crippen LogP contribution in [0.25, 0.3) is 0 Å². The zero-order valence-corrected chi connectivity index (χ0v) is 34.0. The Labute approximate surface area is 350 Å². The van der Waals surface area contributed by atoms with Gasteiger partial charge in [0.1, 0.15) is 30.0 Å². The Kier molecular flexibility index (Phi) is 9.17. The van der Waals surface area contributed by atoms with Crippen molar-refractivity contribution in [3.05, 3.63) is 118 Å². The van der Waals surface area contributed by atoms with Crippen LogP contribution >= 0.6 is 0 Å². The number of phenolic OH excluding ortho intramolecular Hbond substituents is 1. The molecule has 2 N–H and O–H groups in total. The van der Waals surface area contributed by atoms with Crippen molar-refractivity contribution in [3.8, 4) is 11.5 Å². The van der Waals surface area contributed by atoms with E-state index in [0.29, 0.717) is 36.7 Å². The Morgan fingerprint density at radius 3 is 2.45 bits per heavy atom. The van der Waals surface area contributed by atoms with Gasteiger partial charge >= 0.3 is 0 Å². The molecule has 4 aromatic carbocycles. The van der Waals surface area contributed by atoms with Crippen molar-refractivity contribution in [2.75, 3.05) is 55.7 Å². The third-order valence-corrected chi connectivity index (χ3v) is 15.2. The number of hydrogen-bond donors (Lipinski definition) is 2. The number of hydrogen-bond acceptors (Lipinski definition) is 8. The second-order valence-corrected chi connectivity index (χ2v) is 18.7. The first-order valence-corrected chi connectivity index (χ1v) is 22.0. The lowest BCUT2D eigenvalue weighted by Crippen LogP contribution is -2.59. The van der Waals surface area contributed by atoms with E-state index in [4.69, 9.17) is 4.74 Å². The molecule has 7 aliphatic rings. The van der Waals surface area contributed by atoms with Gasteiger partial charge in [0.15, 0.2) is 0 Å². The Morgan fingerprint density at radius 1 is 0.833 bits per heavy atom. The van der Waals surface area contributed by atoms with Gasteiger partial charge < -0.3 is 24.5 Å². The molecule has 10 nitrogen and oxygen atoms in total. The van der Waals surface area contributed by atoms with E-state index in [-0.39, 0.29) is 53.1 Å². The Morgan fingerprint density at radius 2 is 1.65 bits per heavy atom. The number of ether oxygens (including phenoxy) is 1. The van der Waals surface area contributed by atoms with Gasteiger partial charge in [-0.2, -0.15) is 0 Å². The fraction of sp³-hybridized carbons (Fsp3) is 0.449. The average molecular weight is 810 g/mol.